The van der Waals surface area contributed by atoms with Crippen molar-refractivity contribution in [2.24, 2.45) is 0 Å². The van der Waals surface area contributed by atoms with Crippen LogP contribution in [-0.2, 0) is 29.7 Å². The Morgan fingerprint density at radius 1 is 1.00 bits per heavy atom. The Morgan fingerprint density at radius 3 is 2.53 bits per heavy atom. The van der Waals surface area contributed by atoms with E-state index >= 15 is 0 Å². The fraction of sp³-hybridized carbons (Fsp3) is 0.130. The summed E-state index contributed by atoms with van der Waals surface area (Å²) in [5.41, 5.74) is 2.49. The number of amides is 1. The molecule has 0 fully saturated rings. The molecule has 0 spiro atoms. The van der Waals surface area contributed by atoms with Gasteiger partial charge >= 0.3 is 0 Å². The molecule has 32 heavy (non-hydrogen) atoms. The fourth-order valence-electron chi connectivity index (χ4n) is 3.16. The molecule has 0 bridgehead atoms. The van der Waals surface area contributed by atoms with Gasteiger partial charge in [0.1, 0.15) is 0 Å². The van der Waals surface area contributed by atoms with E-state index in [1.54, 1.807) is 12.5 Å². The third-order valence-electron chi connectivity index (χ3n) is 4.81. The van der Waals surface area contributed by atoms with Crippen LogP contribution in [0.15, 0.2) is 89.7 Å². The molecule has 9 heteroatoms. The summed E-state index contributed by atoms with van der Waals surface area (Å²) >= 11 is 1.49. The van der Waals surface area contributed by atoms with Gasteiger partial charge < -0.3 is 9.88 Å². The first-order valence-corrected chi connectivity index (χ1v) is 12.3. The predicted molar refractivity (Wildman–Crippen MR) is 124 cm³/mol. The summed E-state index contributed by atoms with van der Waals surface area (Å²) in [5.74, 6) is -0.263. The molecule has 4 rings (SSSR count). The molecule has 0 aliphatic heterocycles. The van der Waals surface area contributed by atoms with Gasteiger partial charge in [-0.05, 0) is 46.8 Å². The summed E-state index contributed by atoms with van der Waals surface area (Å²) in [6.45, 7) is 1.32. The van der Waals surface area contributed by atoms with Crippen LogP contribution in [0.1, 0.15) is 26.4 Å². The topological polar surface area (TPSA) is 93.1 Å². The SMILES string of the molecule is O=C(NCc1cccc(Cn2ccnc2)c1)c1ccc(S(=O)(=O)NCc2cccs2)cc1. The number of carbonyl (C=O) groups excluding carboxylic acids is 1. The van der Waals surface area contributed by atoms with Gasteiger partial charge in [0.15, 0.2) is 0 Å². The lowest BCUT2D eigenvalue weighted by Crippen LogP contribution is -2.24. The number of aromatic nitrogens is 2. The van der Waals surface area contributed by atoms with Crippen LogP contribution in [0.2, 0.25) is 0 Å². The second-order valence-corrected chi connectivity index (χ2v) is 9.97. The van der Waals surface area contributed by atoms with Gasteiger partial charge in [0.25, 0.3) is 5.91 Å². The number of rotatable bonds is 9. The number of thiophene rings is 1. The summed E-state index contributed by atoms with van der Waals surface area (Å²) in [5, 5.41) is 4.78. The number of hydrogen-bond donors (Lipinski definition) is 2. The zero-order valence-corrected chi connectivity index (χ0v) is 18.8. The summed E-state index contributed by atoms with van der Waals surface area (Å²) in [6, 6.07) is 17.6. The minimum absolute atomic E-state index is 0.123. The maximum absolute atomic E-state index is 12.5. The molecule has 0 saturated carbocycles. The number of nitrogens with zero attached hydrogens (tertiary/aromatic N) is 2. The van der Waals surface area contributed by atoms with E-state index in [2.05, 4.69) is 15.0 Å². The van der Waals surface area contributed by atoms with Gasteiger partial charge in [-0.3, -0.25) is 4.79 Å². The van der Waals surface area contributed by atoms with Gasteiger partial charge in [0.05, 0.1) is 11.2 Å². The van der Waals surface area contributed by atoms with E-state index in [4.69, 9.17) is 0 Å². The van der Waals surface area contributed by atoms with Crippen molar-refractivity contribution in [2.75, 3.05) is 0 Å². The lowest BCUT2D eigenvalue weighted by molar-refractivity contribution is 0.0951. The van der Waals surface area contributed by atoms with Crippen LogP contribution in [0.4, 0.5) is 0 Å². The van der Waals surface area contributed by atoms with Crippen molar-refractivity contribution in [3.05, 3.63) is 106 Å². The third kappa shape index (κ3) is 5.70. The van der Waals surface area contributed by atoms with Crippen molar-refractivity contribution in [3.8, 4) is 0 Å². The van der Waals surface area contributed by atoms with E-state index in [1.807, 2.05) is 52.5 Å². The number of carbonyl (C=O) groups is 1. The second-order valence-electron chi connectivity index (χ2n) is 7.17. The van der Waals surface area contributed by atoms with Crippen LogP contribution in [0.3, 0.4) is 0 Å². The third-order valence-corrected chi connectivity index (χ3v) is 7.11. The molecular weight excluding hydrogens is 444 g/mol. The normalized spacial score (nSPS) is 11.4. The lowest BCUT2D eigenvalue weighted by Gasteiger charge is -2.09. The van der Waals surface area contributed by atoms with Crippen LogP contribution < -0.4 is 10.0 Å². The number of imidazole rings is 1. The van der Waals surface area contributed by atoms with Crippen LogP contribution in [-0.4, -0.2) is 23.9 Å². The van der Waals surface area contributed by atoms with E-state index in [1.165, 1.54) is 35.6 Å². The van der Waals surface area contributed by atoms with E-state index in [0.717, 1.165) is 16.0 Å². The van der Waals surface area contributed by atoms with Crippen LogP contribution in [0.25, 0.3) is 0 Å². The lowest BCUT2D eigenvalue weighted by atomic mass is 10.1. The van der Waals surface area contributed by atoms with Crippen molar-refractivity contribution in [1.29, 1.82) is 0 Å². The first-order valence-electron chi connectivity index (χ1n) is 9.93. The van der Waals surface area contributed by atoms with E-state index in [0.29, 0.717) is 18.7 Å². The second kappa shape index (κ2) is 9.90. The largest absolute Gasteiger partial charge is 0.348 e. The van der Waals surface area contributed by atoms with Crippen LogP contribution >= 0.6 is 11.3 Å². The summed E-state index contributed by atoms with van der Waals surface area (Å²) < 4.78 is 29.4. The Bertz CT molecular complexity index is 1270. The zero-order valence-electron chi connectivity index (χ0n) is 17.1. The number of nitrogens with one attached hydrogen (secondary N) is 2. The Balaban J connectivity index is 1.34. The molecule has 0 aliphatic rings. The average molecular weight is 467 g/mol. The molecule has 0 aliphatic carbocycles. The number of sulfonamides is 1. The van der Waals surface area contributed by atoms with Crippen LogP contribution in [0, 0.1) is 0 Å². The molecule has 0 radical (unpaired) electrons. The van der Waals surface area contributed by atoms with Crippen LogP contribution in [0.5, 0.6) is 0 Å². The van der Waals surface area contributed by atoms with E-state index in [9.17, 15) is 13.2 Å². The van der Waals surface area contributed by atoms with Gasteiger partial charge in [-0.15, -0.1) is 11.3 Å². The number of benzene rings is 2. The molecule has 2 aromatic heterocycles. The molecule has 0 atom stereocenters. The van der Waals surface area contributed by atoms with Gasteiger partial charge in [0, 0.05) is 42.5 Å². The first-order chi connectivity index (χ1) is 15.5. The monoisotopic (exact) mass is 466 g/mol. The minimum Gasteiger partial charge on any atom is -0.348 e. The summed E-state index contributed by atoms with van der Waals surface area (Å²) in [7, 11) is -3.64. The van der Waals surface area contributed by atoms with Gasteiger partial charge in [-0.2, -0.15) is 0 Å². The highest BCUT2D eigenvalue weighted by atomic mass is 32.2. The van der Waals surface area contributed by atoms with Gasteiger partial charge in [-0.1, -0.05) is 30.3 Å². The van der Waals surface area contributed by atoms with Crippen molar-refractivity contribution in [3.63, 3.8) is 0 Å². The van der Waals surface area contributed by atoms with Crippen molar-refractivity contribution >= 4 is 27.3 Å². The van der Waals surface area contributed by atoms with Gasteiger partial charge in [0.2, 0.25) is 10.0 Å². The van der Waals surface area contributed by atoms with Crippen molar-refractivity contribution < 1.29 is 13.2 Å². The Morgan fingerprint density at radius 2 is 1.81 bits per heavy atom. The van der Waals surface area contributed by atoms with Crippen molar-refractivity contribution in [2.45, 2.75) is 24.5 Å². The Kier molecular flexibility index (Phi) is 6.79. The highest BCUT2D eigenvalue weighted by Crippen LogP contribution is 2.14. The van der Waals surface area contributed by atoms with Crippen molar-refractivity contribution in [1.82, 2.24) is 19.6 Å². The maximum atomic E-state index is 12.5. The molecule has 0 unspecified atom stereocenters. The Hall–Kier alpha value is -3.27. The molecule has 7 nitrogen and oxygen atoms in total. The quantitative estimate of drug-likeness (QED) is 0.395. The van der Waals surface area contributed by atoms with E-state index < -0.39 is 10.0 Å². The smallest absolute Gasteiger partial charge is 0.251 e. The first kappa shape index (κ1) is 21.9. The van der Waals surface area contributed by atoms with Gasteiger partial charge in [-0.25, -0.2) is 18.1 Å². The number of hydrogen-bond acceptors (Lipinski definition) is 5. The standard InChI is InChI=1S/C23H22N4O3S2/c28-23(25-14-18-3-1-4-19(13-18)16-27-11-10-24-17-27)20-6-8-22(9-7-20)32(29,30)26-15-21-5-2-12-31-21/h1-13,17,26H,14-16H2,(H,25,28). The predicted octanol–water partition coefficient (Wildman–Crippen LogP) is 3.40. The molecular formula is C23H22N4O3S2. The Labute approximate surface area is 190 Å². The summed E-state index contributed by atoms with van der Waals surface area (Å²) in [4.78, 5) is 17.6. The molecule has 1 amide bonds. The molecule has 164 valence electrons. The highest BCUT2D eigenvalue weighted by molar-refractivity contribution is 7.89. The molecule has 2 N–H and O–H groups in total. The minimum atomic E-state index is -3.64. The highest BCUT2D eigenvalue weighted by Gasteiger charge is 2.15. The fourth-order valence-corrected chi connectivity index (χ4v) is 4.90. The molecule has 2 aromatic carbocycles. The maximum Gasteiger partial charge on any atom is 0.251 e. The van der Waals surface area contributed by atoms with E-state index in [-0.39, 0.29) is 17.3 Å². The molecule has 4 aromatic rings. The molecule has 0 saturated heterocycles. The summed E-state index contributed by atoms with van der Waals surface area (Å²) in [6.07, 6.45) is 5.40. The average Bonchev–Trinajstić information content (AvgIpc) is 3.51. The zero-order chi connectivity index (χ0) is 22.4. The molecule has 2 heterocycles.